The zero-order valence-electron chi connectivity index (χ0n) is 16.4. The monoisotopic (exact) mass is 362 g/mol. The van der Waals surface area contributed by atoms with Crippen molar-refractivity contribution < 1.29 is 4.74 Å². The summed E-state index contributed by atoms with van der Waals surface area (Å²) in [6, 6.07) is 14.3. The molecule has 0 atom stereocenters. The SMILES string of the molecule is CCC(CC)c1cccc(-c2cc(C)cc(Nc3nccc(OC)n3)c2)n1. The molecule has 0 fully saturated rings. The Balaban J connectivity index is 1.92. The molecule has 0 aliphatic heterocycles. The number of hydrogen-bond donors (Lipinski definition) is 1. The third kappa shape index (κ3) is 4.61. The van der Waals surface area contributed by atoms with Crippen LogP contribution < -0.4 is 10.1 Å². The molecule has 3 rings (SSSR count). The van der Waals surface area contributed by atoms with E-state index in [2.05, 4.69) is 72.5 Å². The maximum Gasteiger partial charge on any atom is 0.230 e. The van der Waals surface area contributed by atoms with E-state index in [1.807, 2.05) is 0 Å². The maximum atomic E-state index is 5.16. The molecule has 1 N–H and O–H groups in total. The van der Waals surface area contributed by atoms with E-state index >= 15 is 0 Å². The van der Waals surface area contributed by atoms with Crippen LogP contribution in [0.1, 0.15) is 43.9 Å². The molecular weight excluding hydrogens is 336 g/mol. The largest absolute Gasteiger partial charge is 0.481 e. The topological polar surface area (TPSA) is 59.9 Å². The van der Waals surface area contributed by atoms with Crippen LogP contribution in [0.4, 0.5) is 11.6 Å². The minimum atomic E-state index is 0.498. The molecule has 0 saturated heterocycles. The first kappa shape index (κ1) is 18.8. The molecule has 5 heteroatoms. The van der Waals surface area contributed by atoms with Gasteiger partial charge in [0.05, 0.1) is 12.8 Å². The van der Waals surface area contributed by atoms with Gasteiger partial charge >= 0.3 is 0 Å². The summed E-state index contributed by atoms with van der Waals surface area (Å²) in [4.78, 5) is 13.5. The van der Waals surface area contributed by atoms with Gasteiger partial charge in [0.15, 0.2) is 0 Å². The van der Waals surface area contributed by atoms with Gasteiger partial charge < -0.3 is 10.1 Å². The Morgan fingerprint density at radius 3 is 2.59 bits per heavy atom. The van der Waals surface area contributed by atoms with Crippen LogP contribution in [0.5, 0.6) is 5.88 Å². The predicted octanol–water partition coefficient (Wildman–Crippen LogP) is 5.50. The Labute approximate surface area is 160 Å². The Kier molecular flexibility index (Phi) is 6.01. The second kappa shape index (κ2) is 8.62. The first-order chi connectivity index (χ1) is 13.1. The number of rotatable bonds is 7. The molecule has 3 aromatic rings. The van der Waals surface area contributed by atoms with E-state index in [0.717, 1.165) is 41.0 Å². The summed E-state index contributed by atoms with van der Waals surface area (Å²) in [7, 11) is 1.59. The van der Waals surface area contributed by atoms with Crippen molar-refractivity contribution in [2.75, 3.05) is 12.4 Å². The zero-order chi connectivity index (χ0) is 19.2. The van der Waals surface area contributed by atoms with Crippen molar-refractivity contribution in [2.24, 2.45) is 0 Å². The molecule has 0 radical (unpaired) electrons. The highest BCUT2D eigenvalue weighted by Crippen LogP contribution is 2.28. The minimum absolute atomic E-state index is 0.498. The van der Waals surface area contributed by atoms with Crippen molar-refractivity contribution in [1.82, 2.24) is 15.0 Å². The highest BCUT2D eigenvalue weighted by Gasteiger charge is 2.11. The number of ether oxygens (including phenoxy) is 1. The number of benzene rings is 1. The summed E-state index contributed by atoms with van der Waals surface area (Å²) >= 11 is 0. The Morgan fingerprint density at radius 1 is 1.04 bits per heavy atom. The smallest absolute Gasteiger partial charge is 0.230 e. The number of hydrogen-bond acceptors (Lipinski definition) is 5. The second-order valence-electron chi connectivity index (χ2n) is 6.60. The van der Waals surface area contributed by atoms with Gasteiger partial charge in [0.1, 0.15) is 0 Å². The lowest BCUT2D eigenvalue weighted by molar-refractivity contribution is 0.397. The van der Waals surface area contributed by atoms with Crippen LogP contribution in [0.2, 0.25) is 0 Å². The van der Waals surface area contributed by atoms with Gasteiger partial charge in [-0.15, -0.1) is 0 Å². The Bertz CT molecular complexity index is 906. The van der Waals surface area contributed by atoms with E-state index in [9.17, 15) is 0 Å². The number of aryl methyl sites for hydroxylation is 1. The van der Waals surface area contributed by atoms with Crippen molar-refractivity contribution in [3.05, 3.63) is 59.9 Å². The summed E-state index contributed by atoms with van der Waals surface area (Å²) in [5, 5.41) is 3.26. The van der Waals surface area contributed by atoms with E-state index in [-0.39, 0.29) is 0 Å². The molecule has 5 nitrogen and oxygen atoms in total. The quantitative estimate of drug-likeness (QED) is 0.601. The fraction of sp³-hybridized carbons (Fsp3) is 0.318. The lowest BCUT2D eigenvalue weighted by Crippen LogP contribution is -2.01. The summed E-state index contributed by atoms with van der Waals surface area (Å²) in [6.07, 6.45) is 3.87. The standard InChI is InChI=1S/C22H26N4O/c1-5-16(6-2)19-8-7-9-20(25-19)17-12-15(3)13-18(14-17)24-22-23-11-10-21(26-22)27-4/h7-14,16H,5-6H2,1-4H3,(H,23,24,26). The number of methoxy groups -OCH3 is 1. The molecule has 27 heavy (non-hydrogen) atoms. The van der Waals surface area contributed by atoms with Gasteiger partial charge in [-0.05, 0) is 55.7 Å². The number of pyridine rings is 1. The van der Waals surface area contributed by atoms with Crippen LogP contribution in [0.15, 0.2) is 48.7 Å². The minimum Gasteiger partial charge on any atom is -0.481 e. The van der Waals surface area contributed by atoms with E-state index < -0.39 is 0 Å². The van der Waals surface area contributed by atoms with Crippen molar-refractivity contribution >= 4 is 11.6 Å². The van der Waals surface area contributed by atoms with Crippen LogP contribution in [-0.4, -0.2) is 22.1 Å². The van der Waals surface area contributed by atoms with Gasteiger partial charge in [-0.2, -0.15) is 4.98 Å². The van der Waals surface area contributed by atoms with Gasteiger partial charge in [0, 0.05) is 35.1 Å². The molecule has 0 bridgehead atoms. The van der Waals surface area contributed by atoms with Gasteiger partial charge in [-0.1, -0.05) is 19.9 Å². The fourth-order valence-electron chi connectivity index (χ4n) is 3.19. The molecule has 2 aromatic heterocycles. The molecule has 0 aliphatic rings. The summed E-state index contributed by atoms with van der Waals surface area (Å²) in [6.45, 7) is 6.50. The lowest BCUT2D eigenvalue weighted by atomic mass is 9.98. The van der Waals surface area contributed by atoms with Crippen molar-refractivity contribution in [1.29, 1.82) is 0 Å². The van der Waals surface area contributed by atoms with E-state index in [4.69, 9.17) is 9.72 Å². The van der Waals surface area contributed by atoms with Crippen LogP contribution in [-0.2, 0) is 0 Å². The van der Waals surface area contributed by atoms with Crippen LogP contribution in [0, 0.1) is 6.92 Å². The second-order valence-corrected chi connectivity index (χ2v) is 6.60. The highest BCUT2D eigenvalue weighted by molar-refractivity contribution is 5.68. The first-order valence-corrected chi connectivity index (χ1v) is 9.36. The zero-order valence-corrected chi connectivity index (χ0v) is 16.4. The van der Waals surface area contributed by atoms with Crippen molar-refractivity contribution in [3.63, 3.8) is 0 Å². The van der Waals surface area contributed by atoms with Crippen LogP contribution in [0.3, 0.4) is 0 Å². The number of aromatic nitrogens is 3. The van der Waals surface area contributed by atoms with Gasteiger partial charge in [0.2, 0.25) is 11.8 Å². The molecule has 140 valence electrons. The molecule has 2 heterocycles. The normalized spacial score (nSPS) is 10.9. The molecule has 0 unspecified atom stereocenters. The summed E-state index contributed by atoms with van der Waals surface area (Å²) in [5.41, 5.74) is 5.29. The lowest BCUT2D eigenvalue weighted by Gasteiger charge is -2.14. The average molecular weight is 362 g/mol. The molecule has 1 aromatic carbocycles. The predicted molar refractivity (Wildman–Crippen MR) is 110 cm³/mol. The molecule has 0 saturated carbocycles. The number of anilines is 2. The van der Waals surface area contributed by atoms with Crippen molar-refractivity contribution in [3.8, 4) is 17.1 Å². The third-order valence-corrected chi connectivity index (χ3v) is 4.64. The molecule has 0 spiro atoms. The molecule has 0 aliphatic carbocycles. The van der Waals surface area contributed by atoms with Crippen LogP contribution in [0.25, 0.3) is 11.3 Å². The fourth-order valence-corrected chi connectivity index (χ4v) is 3.19. The summed E-state index contributed by atoms with van der Waals surface area (Å²) in [5.74, 6) is 1.53. The van der Waals surface area contributed by atoms with Crippen molar-refractivity contribution in [2.45, 2.75) is 39.5 Å². The van der Waals surface area contributed by atoms with E-state index in [1.54, 1.807) is 19.4 Å². The number of nitrogens with zero attached hydrogens (tertiary/aromatic N) is 3. The van der Waals surface area contributed by atoms with E-state index in [0.29, 0.717) is 17.7 Å². The average Bonchev–Trinajstić information content (AvgIpc) is 2.69. The van der Waals surface area contributed by atoms with E-state index in [1.165, 1.54) is 0 Å². The highest BCUT2D eigenvalue weighted by atomic mass is 16.5. The van der Waals surface area contributed by atoms with Crippen LogP contribution >= 0.6 is 0 Å². The maximum absolute atomic E-state index is 5.16. The molecular formula is C22H26N4O. The summed E-state index contributed by atoms with van der Waals surface area (Å²) < 4.78 is 5.16. The first-order valence-electron chi connectivity index (χ1n) is 9.36. The third-order valence-electron chi connectivity index (χ3n) is 4.64. The molecule has 0 amide bonds. The Morgan fingerprint density at radius 2 is 1.85 bits per heavy atom. The number of nitrogens with one attached hydrogen (secondary N) is 1. The van der Waals surface area contributed by atoms with Gasteiger partial charge in [-0.25, -0.2) is 4.98 Å². The van der Waals surface area contributed by atoms with Gasteiger partial charge in [0.25, 0.3) is 0 Å². The Hall–Kier alpha value is -2.95. The van der Waals surface area contributed by atoms with Gasteiger partial charge in [-0.3, -0.25) is 4.98 Å².